The van der Waals surface area contributed by atoms with E-state index in [1.807, 2.05) is 6.92 Å². The molecule has 0 spiro atoms. The molecule has 1 unspecified atom stereocenters. The van der Waals surface area contributed by atoms with E-state index < -0.39 is 0 Å². The Bertz CT molecular complexity index is 335. The lowest BCUT2D eigenvalue weighted by Gasteiger charge is -2.06. The largest absolute Gasteiger partial charge is 0.464 e. The van der Waals surface area contributed by atoms with Crippen LogP contribution in [0.5, 0.6) is 0 Å². The Morgan fingerprint density at radius 1 is 0.917 bits per heavy atom. The minimum absolute atomic E-state index is 0.0708. The number of nitrogens with two attached hydrogens (primary N) is 1. The van der Waals surface area contributed by atoms with Crippen LogP contribution in [0.3, 0.4) is 0 Å². The molecule has 3 nitrogen and oxygen atoms in total. The Balaban J connectivity index is 3.27. The topological polar surface area (TPSA) is 52.3 Å². The average molecular weight is 338 g/mol. The van der Waals surface area contributed by atoms with Crippen molar-refractivity contribution >= 4 is 5.97 Å². The van der Waals surface area contributed by atoms with Gasteiger partial charge in [-0.15, -0.1) is 0 Å². The summed E-state index contributed by atoms with van der Waals surface area (Å²) >= 11 is 0. The molecule has 0 amide bonds. The zero-order chi connectivity index (χ0) is 17.9. The molecular weight excluding hydrogens is 298 g/mol. The van der Waals surface area contributed by atoms with E-state index in [2.05, 4.69) is 31.2 Å². The second-order valence-electron chi connectivity index (χ2n) is 6.64. The SMILES string of the molecule is CCCCCC=CCC=CCCCCCCCC(=O)OCC(C)N. The highest BCUT2D eigenvalue weighted by Gasteiger charge is 2.03. The van der Waals surface area contributed by atoms with Crippen LogP contribution in [-0.4, -0.2) is 18.6 Å². The quantitative estimate of drug-likeness (QED) is 0.223. The molecular formula is C21H39NO2. The van der Waals surface area contributed by atoms with Crippen molar-refractivity contribution in [2.24, 2.45) is 5.73 Å². The van der Waals surface area contributed by atoms with Crippen LogP contribution in [0.15, 0.2) is 24.3 Å². The number of allylic oxidation sites excluding steroid dienone is 4. The molecule has 3 heteroatoms. The Morgan fingerprint density at radius 2 is 1.50 bits per heavy atom. The first-order chi connectivity index (χ1) is 11.7. The van der Waals surface area contributed by atoms with Crippen LogP contribution in [0.4, 0.5) is 0 Å². The van der Waals surface area contributed by atoms with Gasteiger partial charge in [-0.1, -0.05) is 63.3 Å². The van der Waals surface area contributed by atoms with Gasteiger partial charge in [-0.05, 0) is 45.4 Å². The van der Waals surface area contributed by atoms with Gasteiger partial charge in [0.1, 0.15) is 6.61 Å². The normalized spacial score (nSPS) is 13.0. The molecule has 0 aliphatic heterocycles. The van der Waals surface area contributed by atoms with Crippen LogP contribution < -0.4 is 5.73 Å². The van der Waals surface area contributed by atoms with E-state index in [1.165, 1.54) is 51.4 Å². The van der Waals surface area contributed by atoms with Gasteiger partial charge in [0.2, 0.25) is 0 Å². The number of rotatable bonds is 16. The summed E-state index contributed by atoms with van der Waals surface area (Å²) in [5.41, 5.74) is 5.54. The number of hydrogen-bond donors (Lipinski definition) is 1. The summed E-state index contributed by atoms with van der Waals surface area (Å²) in [6.07, 6.45) is 22.8. The van der Waals surface area contributed by atoms with Crippen LogP contribution in [0.1, 0.15) is 90.9 Å². The van der Waals surface area contributed by atoms with Crippen LogP contribution in [0, 0.1) is 0 Å². The number of esters is 1. The van der Waals surface area contributed by atoms with Gasteiger partial charge >= 0.3 is 5.97 Å². The van der Waals surface area contributed by atoms with Crippen molar-refractivity contribution < 1.29 is 9.53 Å². The zero-order valence-electron chi connectivity index (χ0n) is 16.0. The molecule has 0 rings (SSSR count). The first-order valence-electron chi connectivity index (χ1n) is 9.88. The number of unbranched alkanes of at least 4 members (excludes halogenated alkanes) is 8. The van der Waals surface area contributed by atoms with Gasteiger partial charge in [-0.25, -0.2) is 0 Å². The molecule has 0 aromatic carbocycles. The summed E-state index contributed by atoms with van der Waals surface area (Å²) < 4.78 is 5.04. The molecule has 0 saturated carbocycles. The number of ether oxygens (including phenoxy) is 1. The Labute approximate surface area is 149 Å². The fourth-order valence-corrected chi connectivity index (χ4v) is 2.38. The summed E-state index contributed by atoms with van der Waals surface area (Å²) in [5, 5.41) is 0. The second kappa shape index (κ2) is 18.3. The van der Waals surface area contributed by atoms with Crippen LogP contribution in [0.2, 0.25) is 0 Å². The summed E-state index contributed by atoms with van der Waals surface area (Å²) in [4.78, 5) is 11.4. The van der Waals surface area contributed by atoms with Crippen LogP contribution >= 0.6 is 0 Å². The van der Waals surface area contributed by atoms with E-state index >= 15 is 0 Å². The van der Waals surface area contributed by atoms with Crippen molar-refractivity contribution in [3.63, 3.8) is 0 Å². The highest BCUT2D eigenvalue weighted by Crippen LogP contribution is 2.08. The maximum absolute atomic E-state index is 11.4. The molecule has 0 fully saturated rings. The second-order valence-corrected chi connectivity index (χ2v) is 6.64. The maximum atomic E-state index is 11.4. The smallest absolute Gasteiger partial charge is 0.305 e. The summed E-state index contributed by atoms with van der Waals surface area (Å²) in [5.74, 6) is -0.113. The zero-order valence-corrected chi connectivity index (χ0v) is 16.0. The van der Waals surface area contributed by atoms with Gasteiger partial charge in [0.25, 0.3) is 0 Å². The van der Waals surface area contributed by atoms with E-state index in [4.69, 9.17) is 10.5 Å². The summed E-state index contributed by atoms with van der Waals surface area (Å²) in [6, 6.07) is -0.0708. The molecule has 1 atom stereocenters. The number of carbonyl (C=O) groups excluding carboxylic acids is 1. The monoisotopic (exact) mass is 337 g/mol. The van der Waals surface area contributed by atoms with Crippen molar-refractivity contribution in [3.05, 3.63) is 24.3 Å². The molecule has 0 heterocycles. The fraction of sp³-hybridized carbons (Fsp3) is 0.762. The van der Waals surface area contributed by atoms with Gasteiger partial charge in [0.15, 0.2) is 0 Å². The maximum Gasteiger partial charge on any atom is 0.305 e. The van der Waals surface area contributed by atoms with E-state index in [0.717, 1.165) is 19.3 Å². The van der Waals surface area contributed by atoms with Gasteiger partial charge in [-0.3, -0.25) is 4.79 Å². The molecule has 2 N–H and O–H groups in total. The highest BCUT2D eigenvalue weighted by atomic mass is 16.5. The number of carbonyl (C=O) groups is 1. The standard InChI is InChI=1S/C21H39NO2/c1-3-4-5-6-7-8-9-10-11-12-13-14-15-16-17-18-21(23)24-19-20(2)22/h7-8,10-11,20H,3-6,9,12-19,22H2,1-2H3. The molecule has 0 radical (unpaired) electrons. The van der Waals surface area contributed by atoms with Crippen LogP contribution in [-0.2, 0) is 9.53 Å². The molecule has 0 aliphatic carbocycles. The van der Waals surface area contributed by atoms with Crippen molar-refractivity contribution in [2.45, 2.75) is 96.9 Å². The third-order valence-electron chi connectivity index (χ3n) is 3.84. The molecule has 0 bridgehead atoms. The first-order valence-corrected chi connectivity index (χ1v) is 9.88. The summed E-state index contributed by atoms with van der Waals surface area (Å²) in [7, 11) is 0. The van der Waals surface area contributed by atoms with E-state index in [1.54, 1.807) is 0 Å². The Hall–Kier alpha value is -1.09. The lowest BCUT2D eigenvalue weighted by atomic mass is 10.1. The predicted octanol–water partition coefficient (Wildman–Crippen LogP) is 5.69. The average Bonchev–Trinajstić information content (AvgIpc) is 2.56. The Morgan fingerprint density at radius 3 is 2.12 bits per heavy atom. The molecule has 0 aromatic heterocycles. The van der Waals surface area contributed by atoms with Crippen molar-refractivity contribution in [3.8, 4) is 0 Å². The van der Waals surface area contributed by atoms with Gasteiger partial charge in [-0.2, -0.15) is 0 Å². The Kier molecular flexibility index (Phi) is 17.4. The third-order valence-corrected chi connectivity index (χ3v) is 3.84. The molecule has 0 saturated heterocycles. The van der Waals surface area contributed by atoms with Gasteiger partial charge < -0.3 is 10.5 Å². The van der Waals surface area contributed by atoms with Crippen LogP contribution in [0.25, 0.3) is 0 Å². The predicted molar refractivity (Wildman–Crippen MR) is 104 cm³/mol. The molecule has 0 aliphatic rings. The van der Waals surface area contributed by atoms with Crippen molar-refractivity contribution in [1.82, 2.24) is 0 Å². The fourth-order valence-electron chi connectivity index (χ4n) is 2.38. The molecule has 24 heavy (non-hydrogen) atoms. The third kappa shape index (κ3) is 19.0. The van der Waals surface area contributed by atoms with Gasteiger partial charge in [0, 0.05) is 12.5 Å². The van der Waals surface area contributed by atoms with E-state index in [-0.39, 0.29) is 12.0 Å². The number of hydrogen-bond acceptors (Lipinski definition) is 3. The highest BCUT2D eigenvalue weighted by molar-refractivity contribution is 5.69. The first kappa shape index (κ1) is 22.9. The van der Waals surface area contributed by atoms with Crippen molar-refractivity contribution in [2.75, 3.05) is 6.61 Å². The minimum atomic E-state index is -0.113. The lowest BCUT2D eigenvalue weighted by Crippen LogP contribution is -2.23. The van der Waals surface area contributed by atoms with Gasteiger partial charge in [0.05, 0.1) is 0 Å². The summed E-state index contributed by atoms with van der Waals surface area (Å²) in [6.45, 7) is 4.41. The van der Waals surface area contributed by atoms with Crippen molar-refractivity contribution in [1.29, 1.82) is 0 Å². The van der Waals surface area contributed by atoms with E-state index in [9.17, 15) is 4.79 Å². The molecule has 140 valence electrons. The van der Waals surface area contributed by atoms with E-state index in [0.29, 0.717) is 13.0 Å². The minimum Gasteiger partial charge on any atom is -0.464 e. The lowest BCUT2D eigenvalue weighted by molar-refractivity contribution is -0.144. The molecule has 0 aromatic rings.